The van der Waals surface area contributed by atoms with E-state index in [1.807, 2.05) is 13.8 Å². The van der Waals surface area contributed by atoms with Crippen LogP contribution in [0.5, 0.6) is 0 Å². The van der Waals surface area contributed by atoms with Crippen LogP contribution in [0.3, 0.4) is 0 Å². The minimum atomic E-state index is -0.354. The molecule has 2 fully saturated rings. The highest BCUT2D eigenvalue weighted by atomic mass is 16.2. The molecule has 3 heteroatoms. The van der Waals surface area contributed by atoms with Crippen LogP contribution < -0.4 is 10.6 Å². The molecule has 1 saturated heterocycles. The molecule has 11 heavy (non-hydrogen) atoms. The smallest absolute Gasteiger partial charge is 0.241 e. The van der Waals surface area contributed by atoms with Gasteiger partial charge in [-0.1, -0.05) is 0 Å². The molecular formula is C8H14N2O. The molecule has 0 bridgehead atoms. The summed E-state index contributed by atoms with van der Waals surface area (Å²) in [6, 6.07) is 0. The first-order valence-electron chi connectivity index (χ1n) is 4.18. The van der Waals surface area contributed by atoms with E-state index < -0.39 is 0 Å². The van der Waals surface area contributed by atoms with Gasteiger partial charge in [0.05, 0.1) is 11.7 Å². The van der Waals surface area contributed by atoms with Gasteiger partial charge in [0.2, 0.25) is 5.91 Å². The van der Waals surface area contributed by atoms with E-state index in [0.717, 1.165) is 0 Å². The highest BCUT2D eigenvalue weighted by Crippen LogP contribution is 2.34. The second-order valence-electron chi connectivity index (χ2n) is 4.06. The van der Waals surface area contributed by atoms with E-state index in [1.165, 1.54) is 12.8 Å². The van der Waals surface area contributed by atoms with Gasteiger partial charge in [-0.3, -0.25) is 10.1 Å². The van der Waals surface area contributed by atoms with Crippen LogP contribution in [0.1, 0.15) is 26.7 Å². The van der Waals surface area contributed by atoms with Crippen molar-refractivity contribution in [3.63, 3.8) is 0 Å². The van der Waals surface area contributed by atoms with Crippen molar-refractivity contribution in [2.75, 3.05) is 0 Å². The molecule has 1 heterocycles. The molecule has 1 amide bonds. The van der Waals surface area contributed by atoms with E-state index in [1.54, 1.807) is 0 Å². The van der Waals surface area contributed by atoms with Crippen molar-refractivity contribution in [3.05, 3.63) is 0 Å². The van der Waals surface area contributed by atoms with Crippen LogP contribution in [0.15, 0.2) is 0 Å². The Balaban J connectivity index is 2.05. The molecule has 0 aromatic carbocycles. The molecule has 0 spiro atoms. The van der Waals surface area contributed by atoms with Gasteiger partial charge in [-0.2, -0.15) is 0 Å². The maximum atomic E-state index is 11.3. The van der Waals surface area contributed by atoms with Gasteiger partial charge in [-0.15, -0.1) is 0 Å². The minimum Gasteiger partial charge on any atom is -0.339 e. The van der Waals surface area contributed by atoms with E-state index in [2.05, 4.69) is 10.6 Å². The van der Waals surface area contributed by atoms with Crippen LogP contribution in [0.2, 0.25) is 0 Å². The number of carbonyl (C=O) groups is 1. The lowest BCUT2D eigenvalue weighted by Gasteiger charge is -2.15. The molecule has 62 valence electrons. The predicted octanol–water partition coefficient (Wildman–Crippen LogP) is 0.220. The highest BCUT2D eigenvalue weighted by molar-refractivity contribution is 5.87. The van der Waals surface area contributed by atoms with Crippen molar-refractivity contribution in [1.29, 1.82) is 0 Å². The van der Waals surface area contributed by atoms with E-state index in [-0.39, 0.29) is 17.6 Å². The molecule has 0 radical (unpaired) electrons. The van der Waals surface area contributed by atoms with E-state index in [9.17, 15) is 4.79 Å². The van der Waals surface area contributed by atoms with E-state index in [0.29, 0.717) is 5.92 Å². The van der Waals surface area contributed by atoms with E-state index >= 15 is 0 Å². The summed E-state index contributed by atoms with van der Waals surface area (Å²) in [4.78, 5) is 11.3. The molecule has 1 aliphatic carbocycles. The zero-order valence-corrected chi connectivity index (χ0v) is 6.98. The first kappa shape index (κ1) is 7.10. The molecular weight excluding hydrogens is 140 g/mol. The van der Waals surface area contributed by atoms with Crippen LogP contribution in [0.4, 0.5) is 0 Å². The second-order valence-corrected chi connectivity index (χ2v) is 4.06. The standard InChI is InChI=1S/C8H14N2O/c1-8(2)7(11)9-6(10-8)5-3-4-5/h5-6,10H,3-4H2,1-2H3,(H,9,11). The topological polar surface area (TPSA) is 41.1 Å². The number of hydrogen-bond acceptors (Lipinski definition) is 2. The predicted molar refractivity (Wildman–Crippen MR) is 41.9 cm³/mol. The molecule has 2 rings (SSSR count). The maximum absolute atomic E-state index is 11.3. The molecule has 3 nitrogen and oxygen atoms in total. The van der Waals surface area contributed by atoms with Gasteiger partial charge in [0.1, 0.15) is 0 Å². The van der Waals surface area contributed by atoms with Crippen molar-refractivity contribution in [1.82, 2.24) is 10.6 Å². The average molecular weight is 154 g/mol. The van der Waals surface area contributed by atoms with Crippen molar-refractivity contribution in [2.45, 2.75) is 38.4 Å². The maximum Gasteiger partial charge on any atom is 0.241 e. The summed E-state index contributed by atoms with van der Waals surface area (Å²) in [5, 5.41) is 6.24. The Bertz CT molecular complexity index is 196. The summed E-state index contributed by atoms with van der Waals surface area (Å²) < 4.78 is 0. The van der Waals surface area contributed by atoms with E-state index in [4.69, 9.17) is 0 Å². The third-order valence-electron chi connectivity index (χ3n) is 2.46. The SMILES string of the molecule is CC1(C)NC(C2CC2)NC1=O. The van der Waals surface area contributed by atoms with Crippen molar-refractivity contribution in [3.8, 4) is 0 Å². The molecule has 2 aliphatic rings. The summed E-state index contributed by atoms with van der Waals surface area (Å²) in [6.45, 7) is 3.84. The Labute approximate surface area is 66.5 Å². The van der Waals surface area contributed by atoms with Crippen molar-refractivity contribution >= 4 is 5.91 Å². The Morgan fingerprint density at radius 2 is 2.09 bits per heavy atom. The normalized spacial score (nSPS) is 35.5. The van der Waals surface area contributed by atoms with Gasteiger partial charge in [0.25, 0.3) is 0 Å². The van der Waals surface area contributed by atoms with Crippen LogP contribution in [0.25, 0.3) is 0 Å². The lowest BCUT2D eigenvalue weighted by atomic mass is 10.1. The number of nitrogens with one attached hydrogen (secondary N) is 2. The first-order valence-corrected chi connectivity index (χ1v) is 4.18. The lowest BCUT2D eigenvalue weighted by molar-refractivity contribution is -0.123. The van der Waals surface area contributed by atoms with Crippen molar-refractivity contribution in [2.24, 2.45) is 5.92 Å². The average Bonchev–Trinajstić information content (AvgIpc) is 2.63. The van der Waals surface area contributed by atoms with Gasteiger partial charge in [0.15, 0.2) is 0 Å². The fourth-order valence-corrected chi connectivity index (χ4v) is 1.48. The number of amides is 1. The molecule has 1 atom stereocenters. The van der Waals surface area contributed by atoms with Crippen LogP contribution in [0, 0.1) is 5.92 Å². The summed E-state index contributed by atoms with van der Waals surface area (Å²) in [7, 11) is 0. The van der Waals surface area contributed by atoms with Gasteiger partial charge in [-0.25, -0.2) is 0 Å². The molecule has 1 unspecified atom stereocenters. The van der Waals surface area contributed by atoms with Crippen molar-refractivity contribution < 1.29 is 4.79 Å². The lowest BCUT2D eigenvalue weighted by Crippen LogP contribution is -2.41. The molecule has 1 aliphatic heterocycles. The fourth-order valence-electron chi connectivity index (χ4n) is 1.48. The highest BCUT2D eigenvalue weighted by Gasteiger charge is 2.44. The zero-order valence-electron chi connectivity index (χ0n) is 6.98. The number of carbonyl (C=O) groups excluding carboxylic acids is 1. The number of rotatable bonds is 1. The third-order valence-corrected chi connectivity index (χ3v) is 2.46. The largest absolute Gasteiger partial charge is 0.339 e. The summed E-state index contributed by atoms with van der Waals surface area (Å²) >= 11 is 0. The second kappa shape index (κ2) is 1.97. The Hall–Kier alpha value is -0.570. The third kappa shape index (κ3) is 1.13. The molecule has 0 aromatic rings. The first-order chi connectivity index (χ1) is 5.09. The van der Waals surface area contributed by atoms with Gasteiger partial charge >= 0.3 is 0 Å². The monoisotopic (exact) mass is 154 g/mol. The zero-order chi connectivity index (χ0) is 8.06. The quantitative estimate of drug-likeness (QED) is 0.567. The minimum absolute atomic E-state index is 0.134. The fraction of sp³-hybridized carbons (Fsp3) is 0.875. The molecule has 2 N–H and O–H groups in total. The van der Waals surface area contributed by atoms with Crippen LogP contribution in [-0.2, 0) is 4.79 Å². The summed E-state index contributed by atoms with van der Waals surface area (Å²) in [6.07, 6.45) is 2.76. The molecule has 0 aromatic heterocycles. The Morgan fingerprint density at radius 1 is 1.45 bits per heavy atom. The Morgan fingerprint density at radius 3 is 2.45 bits per heavy atom. The van der Waals surface area contributed by atoms with Crippen LogP contribution in [-0.4, -0.2) is 17.6 Å². The summed E-state index contributed by atoms with van der Waals surface area (Å²) in [5.41, 5.74) is -0.354. The summed E-state index contributed by atoms with van der Waals surface area (Å²) in [5.74, 6) is 0.829. The molecule has 1 saturated carbocycles. The van der Waals surface area contributed by atoms with Gasteiger partial charge in [0, 0.05) is 0 Å². The Kier molecular flexibility index (Phi) is 1.27. The number of hydrogen-bond donors (Lipinski definition) is 2. The van der Waals surface area contributed by atoms with Gasteiger partial charge < -0.3 is 5.32 Å². The van der Waals surface area contributed by atoms with Gasteiger partial charge in [-0.05, 0) is 32.6 Å². The van der Waals surface area contributed by atoms with Crippen LogP contribution >= 0.6 is 0 Å².